The molecule has 1 atom stereocenters. The second-order valence-corrected chi connectivity index (χ2v) is 4.99. The van der Waals surface area contributed by atoms with Gasteiger partial charge in [0.2, 0.25) is 0 Å². The van der Waals surface area contributed by atoms with Gasteiger partial charge in [0.1, 0.15) is 0 Å². The average Bonchev–Trinajstić information content (AvgIpc) is 2.91. The normalized spacial score (nSPS) is 15.7. The number of benzene rings is 1. The molecular formula is C16H18N2O4. The Kier molecular flexibility index (Phi) is 4.93. The molecule has 0 saturated carbocycles. The second-order valence-electron chi connectivity index (χ2n) is 4.99. The SMILES string of the molecule is Cc1ccccc1/C=C/C(=O)O[C@H](C)C(=O)N1CCNC1=O. The van der Waals surface area contributed by atoms with E-state index in [1.165, 1.54) is 13.0 Å². The van der Waals surface area contributed by atoms with Crippen molar-refractivity contribution in [2.45, 2.75) is 20.0 Å². The van der Waals surface area contributed by atoms with Crippen LogP contribution in [0.15, 0.2) is 30.3 Å². The fourth-order valence-corrected chi connectivity index (χ4v) is 2.10. The minimum Gasteiger partial charge on any atom is -0.449 e. The summed E-state index contributed by atoms with van der Waals surface area (Å²) < 4.78 is 5.04. The molecule has 1 aliphatic rings. The lowest BCUT2D eigenvalue weighted by Gasteiger charge is -2.17. The minimum absolute atomic E-state index is 0.290. The topological polar surface area (TPSA) is 75.7 Å². The van der Waals surface area contributed by atoms with Gasteiger partial charge in [-0.15, -0.1) is 0 Å². The Morgan fingerprint density at radius 2 is 2.09 bits per heavy atom. The molecule has 0 radical (unpaired) electrons. The van der Waals surface area contributed by atoms with Gasteiger partial charge in [-0.25, -0.2) is 9.59 Å². The van der Waals surface area contributed by atoms with Crippen LogP contribution in [0.4, 0.5) is 4.79 Å². The zero-order chi connectivity index (χ0) is 16.1. The summed E-state index contributed by atoms with van der Waals surface area (Å²) in [5.41, 5.74) is 1.93. The van der Waals surface area contributed by atoms with Crippen LogP contribution in [-0.4, -0.2) is 42.0 Å². The molecule has 116 valence electrons. The molecule has 3 amide bonds. The van der Waals surface area contributed by atoms with Crippen LogP contribution in [0.3, 0.4) is 0 Å². The van der Waals surface area contributed by atoms with Crippen LogP contribution in [-0.2, 0) is 14.3 Å². The molecule has 1 aliphatic heterocycles. The molecule has 0 aliphatic carbocycles. The van der Waals surface area contributed by atoms with E-state index in [-0.39, 0.29) is 0 Å². The third-order valence-corrected chi connectivity index (χ3v) is 3.35. The van der Waals surface area contributed by atoms with Crippen molar-refractivity contribution in [3.63, 3.8) is 0 Å². The quantitative estimate of drug-likeness (QED) is 0.675. The first-order valence-electron chi connectivity index (χ1n) is 7.02. The van der Waals surface area contributed by atoms with E-state index in [4.69, 9.17) is 4.74 Å². The monoisotopic (exact) mass is 302 g/mol. The summed E-state index contributed by atoms with van der Waals surface area (Å²) in [6.07, 6.45) is 1.91. The van der Waals surface area contributed by atoms with Gasteiger partial charge in [-0.05, 0) is 31.1 Å². The molecule has 22 heavy (non-hydrogen) atoms. The fourth-order valence-electron chi connectivity index (χ4n) is 2.10. The molecule has 1 fully saturated rings. The maximum Gasteiger partial charge on any atom is 0.331 e. The Morgan fingerprint density at radius 3 is 2.73 bits per heavy atom. The molecule has 6 nitrogen and oxygen atoms in total. The number of imide groups is 1. The number of nitrogens with one attached hydrogen (secondary N) is 1. The summed E-state index contributed by atoms with van der Waals surface area (Å²) in [6.45, 7) is 4.09. The summed E-state index contributed by atoms with van der Waals surface area (Å²) in [5, 5.41) is 2.52. The highest BCUT2D eigenvalue weighted by Gasteiger charge is 2.31. The maximum atomic E-state index is 12.0. The second kappa shape index (κ2) is 6.89. The predicted molar refractivity (Wildman–Crippen MR) is 80.9 cm³/mol. The Morgan fingerprint density at radius 1 is 1.36 bits per heavy atom. The Bertz CT molecular complexity index is 624. The van der Waals surface area contributed by atoms with Crippen molar-refractivity contribution in [3.8, 4) is 0 Å². The largest absolute Gasteiger partial charge is 0.449 e. The van der Waals surface area contributed by atoms with Gasteiger partial charge in [-0.2, -0.15) is 0 Å². The number of esters is 1. The Hall–Kier alpha value is -2.63. The summed E-state index contributed by atoms with van der Waals surface area (Å²) in [7, 11) is 0. The van der Waals surface area contributed by atoms with E-state index in [9.17, 15) is 14.4 Å². The number of ether oxygens (including phenoxy) is 1. The smallest absolute Gasteiger partial charge is 0.331 e. The molecule has 1 saturated heterocycles. The van der Waals surface area contributed by atoms with E-state index in [0.717, 1.165) is 16.0 Å². The number of carbonyl (C=O) groups excluding carboxylic acids is 3. The van der Waals surface area contributed by atoms with Crippen molar-refractivity contribution in [1.29, 1.82) is 0 Å². The minimum atomic E-state index is -1.00. The lowest BCUT2D eigenvalue weighted by atomic mass is 10.1. The van der Waals surface area contributed by atoms with Crippen molar-refractivity contribution in [1.82, 2.24) is 10.2 Å². The van der Waals surface area contributed by atoms with Crippen LogP contribution in [0.25, 0.3) is 6.08 Å². The van der Waals surface area contributed by atoms with Gasteiger partial charge < -0.3 is 10.1 Å². The van der Waals surface area contributed by atoms with E-state index in [2.05, 4.69) is 5.32 Å². The predicted octanol–water partition coefficient (Wildman–Crippen LogP) is 1.49. The first-order valence-corrected chi connectivity index (χ1v) is 7.02. The fraction of sp³-hybridized carbons (Fsp3) is 0.312. The third kappa shape index (κ3) is 3.72. The molecule has 1 heterocycles. The molecular weight excluding hydrogens is 284 g/mol. The highest BCUT2D eigenvalue weighted by molar-refractivity contribution is 5.99. The zero-order valence-electron chi connectivity index (χ0n) is 12.5. The molecule has 0 aromatic heterocycles. The third-order valence-electron chi connectivity index (χ3n) is 3.35. The van der Waals surface area contributed by atoms with Crippen LogP contribution in [0.5, 0.6) is 0 Å². The molecule has 1 N–H and O–H groups in total. The van der Waals surface area contributed by atoms with E-state index >= 15 is 0 Å². The van der Waals surface area contributed by atoms with Crippen molar-refractivity contribution in [2.75, 3.05) is 13.1 Å². The summed E-state index contributed by atoms with van der Waals surface area (Å²) >= 11 is 0. The molecule has 1 aromatic rings. The average molecular weight is 302 g/mol. The van der Waals surface area contributed by atoms with Gasteiger partial charge in [0.05, 0.1) is 0 Å². The highest BCUT2D eigenvalue weighted by Crippen LogP contribution is 2.09. The number of urea groups is 1. The lowest BCUT2D eigenvalue weighted by Crippen LogP contribution is -2.41. The summed E-state index contributed by atoms with van der Waals surface area (Å²) in [5.74, 6) is -1.14. The van der Waals surface area contributed by atoms with Crippen LogP contribution in [0.2, 0.25) is 0 Å². The Balaban J connectivity index is 1.92. The molecule has 6 heteroatoms. The van der Waals surface area contributed by atoms with Crippen molar-refractivity contribution < 1.29 is 19.1 Å². The van der Waals surface area contributed by atoms with E-state index in [1.807, 2.05) is 31.2 Å². The van der Waals surface area contributed by atoms with Gasteiger partial charge in [-0.1, -0.05) is 24.3 Å². The van der Waals surface area contributed by atoms with Crippen molar-refractivity contribution in [2.24, 2.45) is 0 Å². The van der Waals surface area contributed by atoms with Crippen LogP contribution >= 0.6 is 0 Å². The maximum absolute atomic E-state index is 12.0. The number of hydrogen-bond acceptors (Lipinski definition) is 4. The number of hydrogen-bond donors (Lipinski definition) is 1. The summed E-state index contributed by atoms with van der Waals surface area (Å²) in [6, 6.07) is 7.14. The van der Waals surface area contributed by atoms with Crippen LogP contribution in [0.1, 0.15) is 18.1 Å². The molecule has 2 rings (SSSR count). The van der Waals surface area contributed by atoms with E-state index < -0.39 is 24.0 Å². The van der Waals surface area contributed by atoms with E-state index in [0.29, 0.717) is 13.1 Å². The lowest BCUT2D eigenvalue weighted by molar-refractivity contribution is -0.153. The zero-order valence-corrected chi connectivity index (χ0v) is 12.5. The standard InChI is InChI=1S/C16H18N2O4/c1-11-5-3-4-6-13(11)7-8-14(19)22-12(2)15(20)18-10-9-17-16(18)21/h3-8,12H,9-10H2,1-2H3,(H,17,21)/b8-7+/t12-/m1/s1. The molecule has 0 bridgehead atoms. The number of aryl methyl sites for hydroxylation is 1. The number of amides is 3. The van der Waals surface area contributed by atoms with Gasteiger partial charge in [0.15, 0.2) is 6.10 Å². The first-order chi connectivity index (χ1) is 10.5. The van der Waals surface area contributed by atoms with Crippen LogP contribution < -0.4 is 5.32 Å². The molecule has 1 aromatic carbocycles. The van der Waals surface area contributed by atoms with Gasteiger partial charge in [0.25, 0.3) is 5.91 Å². The van der Waals surface area contributed by atoms with Gasteiger partial charge in [0, 0.05) is 19.2 Å². The van der Waals surface area contributed by atoms with Crippen molar-refractivity contribution >= 4 is 24.0 Å². The summed E-state index contributed by atoms with van der Waals surface area (Å²) in [4.78, 5) is 36.2. The first kappa shape index (κ1) is 15.8. The molecule has 0 unspecified atom stereocenters. The number of carbonyl (C=O) groups is 3. The Labute approximate surface area is 128 Å². The molecule has 0 spiro atoms. The van der Waals surface area contributed by atoms with Crippen molar-refractivity contribution in [3.05, 3.63) is 41.5 Å². The van der Waals surface area contributed by atoms with E-state index in [1.54, 1.807) is 6.08 Å². The van der Waals surface area contributed by atoms with Gasteiger partial charge >= 0.3 is 12.0 Å². The number of nitrogens with zero attached hydrogens (tertiary/aromatic N) is 1. The number of rotatable bonds is 4. The van der Waals surface area contributed by atoms with Crippen LogP contribution in [0, 0.1) is 6.92 Å². The van der Waals surface area contributed by atoms with Gasteiger partial charge in [-0.3, -0.25) is 9.69 Å². The highest BCUT2D eigenvalue weighted by atomic mass is 16.5.